The first-order valence-corrected chi connectivity index (χ1v) is 36.9. The molecule has 0 saturated carbocycles. The lowest BCUT2D eigenvalue weighted by molar-refractivity contribution is -0.359. The maximum Gasteiger partial charge on any atom is 0.220 e. The number of rotatable bonds is 62. The maximum absolute atomic E-state index is 13.3. The summed E-state index contributed by atoms with van der Waals surface area (Å²) in [5, 5.41) is 87.3. The average molecular weight is 1230 g/mol. The minimum absolute atomic E-state index is 0.232. The molecule has 2 aliphatic rings. The quantitative estimate of drug-likeness (QED) is 0.0204. The highest BCUT2D eigenvalue weighted by Gasteiger charge is 2.51. The van der Waals surface area contributed by atoms with Crippen LogP contribution in [0.1, 0.15) is 348 Å². The Morgan fingerprint density at radius 3 is 1.07 bits per heavy atom. The number of hydrogen-bond acceptors (Lipinski definition) is 13. The van der Waals surface area contributed by atoms with Crippen LogP contribution in [0.4, 0.5) is 0 Å². The van der Waals surface area contributed by atoms with Crippen LogP contribution in [0.25, 0.3) is 0 Å². The van der Waals surface area contributed by atoms with Gasteiger partial charge >= 0.3 is 0 Å². The molecule has 0 radical (unpaired) electrons. The molecule has 12 atom stereocenters. The molecule has 0 spiro atoms. The molecule has 2 saturated heterocycles. The van der Waals surface area contributed by atoms with Crippen LogP contribution in [0.3, 0.4) is 0 Å². The van der Waals surface area contributed by atoms with Gasteiger partial charge in [0, 0.05) is 6.42 Å². The lowest BCUT2D eigenvalue weighted by Crippen LogP contribution is -2.65. The van der Waals surface area contributed by atoms with Crippen LogP contribution in [0.15, 0.2) is 12.2 Å². The Morgan fingerprint density at radius 1 is 0.407 bits per heavy atom. The maximum atomic E-state index is 13.3. The zero-order valence-corrected chi connectivity index (χ0v) is 55.6. The second kappa shape index (κ2) is 57.6. The third-order valence-electron chi connectivity index (χ3n) is 18.5. The molecule has 12 unspecified atom stereocenters. The summed E-state index contributed by atoms with van der Waals surface area (Å²) in [6.45, 7) is 2.84. The number of ether oxygens (including phenoxy) is 4. The van der Waals surface area contributed by atoms with Crippen molar-refractivity contribution in [3.05, 3.63) is 12.2 Å². The third kappa shape index (κ3) is 41.3. The molecule has 0 bridgehead atoms. The summed E-state index contributed by atoms with van der Waals surface area (Å²) in [6.07, 6.45) is 54.5. The summed E-state index contributed by atoms with van der Waals surface area (Å²) in [6, 6.07) is -0.910. The van der Waals surface area contributed by atoms with Crippen LogP contribution < -0.4 is 5.32 Å². The lowest BCUT2D eigenvalue weighted by atomic mass is 9.97. The molecule has 0 aliphatic carbocycles. The molecule has 0 aromatic carbocycles. The fourth-order valence-electron chi connectivity index (χ4n) is 12.6. The van der Waals surface area contributed by atoms with Crippen LogP contribution >= 0.6 is 0 Å². The van der Waals surface area contributed by atoms with Crippen LogP contribution in [-0.4, -0.2) is 140 Å². The van der Waals surface area contributed by atoms with Gasteiger partial charge in [0.15, 0.2) is 12.6 Å². The fraction of sp³-hybridized carbons (Fsp3) is 0.958. The van der Waals surface area contributed by atoms with Crippen molar-refractivity contribution in [1.29, 1.82) is 0 Å². The summed E-state index contributed by atoms with van der Waals surface area (Å²) in [7, 11) is 0. The van der Waals surface area contributed by atoms with Gasteiger partial charge in [0.05, 0.1) is 32.0 Å². The number of carbonyl (C=O) groups excluding carboxylic acids is 1. The van der Waals surface area contributed by atoms with Gasteiger partial charge < -0.3 is 65.1 Å². The van der Waals surface area contributed by atoms with E-state index in [-0.39, 0.29) is 18.9 Å². The zero-order chi connectivity index (χ0) is 62.3. The Hall–Kier alpha value is -1.27. The molecule has 0 aromatic rings. The van der Waals surface area contributed by atoms with Crippen molar-refractivity contribution < 1.29 is 64.6 Å². The minimum Gasteiger partial charge on any atom is -0.394 e. The van der Waals surface area contributed by atoms with Crippen LogP contribution in [0.5, 0.6) is 0 Å². The van der Waals surface area contributed by atoms with Gasteiger partial charge in [-0.3, -0.25) is 4.79 Å². The number of unbranched alkanes of at least 4 members (excludes halogenated alkanes) is 49. The van der Waals surface area contributed by atoms with E-state index in [1.54, 1.807) is 6.08 Å². The number of nitrogens with one attached hydrogen (secondary N) is 1. The second-order valence-electron chi connectivity index (χ2n) is 26.4. The van der Waals surface area contributed by atoms with Gasteiger partial charge in [-0.2, -0.15) is 0 Å². The van der Waals surface area contributed by atoms with Crippen LogP contribution in [0.2, 0.25) is 0 Å². The van der Waals surface area contributed by atoms with Gasteiger partial charge in [0.25, 0.3) is 0 Å². The topological polar surface area (TPSA) is 228 Å². The monoisotopic (exact) mass is 1230 g/mol. The average Bonchev–Trinajstić information content (AvgIpc) is 2.57. The highest BCUT2D eigenvalue weighted by Crippen LogP contribution is 2.30. The Morgan fingerprint density at radius 2 is 0.721 bits per heavy atom. The molecule has 510 valence electrons. The van der Waals surface area contributed by atoms with Crippen molar-refractivity contribution in [2.45, 2.75) is 421 Å². The molecule has 2 fully saturated rings. The Kier molecular flexibility index (Phi) is 54.1. The van der Waals surface area contributed by atoms with E-state index in [1.807, 2.05) is 6.08 Å². The smallest absolute Gasteiger partial charge is 0.220 e. The molecule has 14 nitrogen and oxygen atoms in total. The van der Waals surface area contributed by atoms with E-state index in [0.717, 1.165) is 38.5 Å². The number of amides is 1. The Labute approximate surface area is 526 Å². The normalized spacial score (nSPS) is 23.4. The summed E-state index contributed by atoms with van der Waals surface area (Å²) in [5.41, 5.74) is 0. The molecular weight excluding hydrogens is 1090 g/mol. The van der Waals surface area contributed by atoms with Gasteiger partial charge in [0.1, 0.15) is 48.8 Å². The van der Waals surface area contributed by atoms with Crippen molar-refractivity contribution in [1.82, 2.24) is 5.32 Å². The standard InChI is InChI=1S/C72H139NO13/c1-3-5-7-9-11-13-15-17-19-20-21-22-23-24-25-26-27-28-29-30-31-32-33-34-35-36-37-38-39-40-41-42-44-46-48-50-52-54-56-64(77)73-60(61(76)55-53-51-49-47-45-43-18-16-14-12-10-8-6-4-2)59-83-71-69(82)67(80)70(63(58-75)85-71)86-72-68(81)66(79)65(78)62(57-74)84-72/h53,55,60-63,65-72,74-76,78-82H,3-52,54,56-59H2,1-2H3,(H,73,77)/b55-53+. The van der Waals surface area contributed by atoms with E-state index < -0.39 is 86.8 Å². The molecule has 1 amide bonds. The van der Waals surface area contributed by atoms with Crippen LogP contribution in [0, 0.1) is 0 Å². The first-order chi connectivity index (χ1) is 42.1. The van der Waals surface area contributed by atoms with Crippen molar-refractivity contribution in [3.63, 3.8) is 0 Å². The zero-order valence-electron chi connectivity index (χ0n) is 55.6. The molecule has 0 aromatic heterocycles. The third-order valence-corrected chi connectivity index (χ3v) is 18.5. The molecular formula is C72H139NO13. The molecule has 9 N–H and O–H groups in total. The van der Waals surface area contributed by atoms with Crippen molar-refractivity contribution in [2.24, 2.45) is 0 Å². The van der Waals surface area contributed by atoms with Gasteiger partial charge in [-0.05, 0) is 19.3 Å². The molecule has 2 aliphatic heterocycles. The fourth-order valence-corrected chi connectivity index (χ4v) is 12.6. The highest BCUT2D eigenvalue weighted by molar-refractivity contribution is 5.76. The van der Waals surface area contributed by atoms with E-state index >= 15 is 0 Å². The van der Waals surface area contributed by atoms with Gasteiger partial charge in [-0.1, -0.05) is 334 Å². The van der Waals surface area contributed by atoms with Gasteiger partial charge in [0.2, 0.25) is 5.91 Å². The summed E-state index contributed by atoms with van der Waals surface area (Å²) >= 11 is 0. The first kappa shape index (κ1) is 80.8. The van der Waals surface area contributed by atoms with E-state index in [4.69, 9.17) is 18.9 Å². The van der Waals surface area contributed by atoms with E-state index in [9.17, 15) is 45.6 Å². The molecule has 2 heterocycles. The summed E-state index contributed by atoms with van der Waals surface area (Å²) in [4.78, 5) is 13.3. The van der Waals surface area contributed by atoms with Gasteiger partial charge in [-0.25, -0.2) is 0 Å². The van der Waals surface area contributed by atoms with Crippen LogP contribution in [-0.2, 0) is 23.7 Å². The number of aliphatic hydroxyl groups excluding tert-OH is 8. The Balaban J connectivity index is 1.54. The van der Waals surface area contributed by atoms with E-state index in [1.165, 1.54) is 283 Å². The lowest BCUT2D eigenvalue weighted by Gasteiger charge is -2.46. The van der Waals surface area contributed by atoms with Gasteiger partial charge in [-0.15, -0.1) is 0 Å². The van der Waals surface area contributed by atoms with Crippen molar-refractivity contribution in [3.8, 4) is 0 Å². The SMILES string of the molecule is CCCCCCCCCCCCCC/C=C/C(O)C(COC1OC(CO)C(OC2OC(CO)C(O)C(O)C2O)C(O)C1O)NC(=O)CCCCCCCCCCCCCCCCCCCCCCCCCCCCCCCCCCCCCCCC. The van der Waals surface area contributed by atoms with E-state index in [0.29, 0.717) is 6.42 Å². The second-order valence-corrected chi connectivity index (χ2v) is 26.4. The number of carbonyl (C=O) groups is 1. The predicted octanol–water partition coefficient (Wildman–Crippen LogP) is 15.4. The molecule has 86 heavy (non-hydrogen) atoms. The summed E-state index contributed by atoms with van der Waals surface area (Å²) in [5.74, 6) is -0.232. The van der Waals surface area contributed by atoms with Crippen molar-refractivity contribution >= 4 is 5.91 Å². The predicted molar refractivity (Wildman–Crippen MR) is 351 cm³/mol. The number of allylic oxidation sites excluding steroid dienone is 1. The van der Waals surface area contributed by atoms with E-state index in [2.05, 4.69) is 19.2 Å². The molecule has 14 heteroatoms. The molecule has 2 rings (SSSR count). The largest absolute Gasteiger partial charge is 0.394 e. The Bertz CT molecular complexity index is 1490. The highest BCUT2D eigenvalue weighted by atomic mass is 16.7. The summed E-state index contributed by atoms with van der Waals surface area (Å²) < 4.78 is 22.8. The number of hydrogen-bond donors (Lipinski definition) is 9. The minimum atomic E-state index is -1.79. The first-order valence-electron chi connectivity index (χ1n) is 36.9. The van der Waals surface area contributed by atoms with Crippen molar-refractivity contribution in [2.75, 3.05) is 19.8 Å². The number of aliphatic hydroxyl groups is 8.